The Hall–Kier alpha value is -2.24. The summed E-state index contributed by atoms with van der Waals surface area (Å²) in [5, 5.41) is 15.6. The lowest BCUT2D eigenvalue weighted by Gasteiger charge is -2.07. The van der Waals surface area contributed by atoms with Crippen molar-refractivity contribution in [3.05, 3.63) is 41.2 Å². The molecule has 1 aromatic heterocycles. The van der Waals surface area contributed by atoms with E-state index in [-0.39, 0.29) is 11.7 Å². The molecule has 0 fully saturated rings. The number of rotatable bonds is 4. The van der Waals surface area contributed by atoms with E-state index in [1.807, 2.05) is 18.2 Å². The maximum absolute atomic E-state index is 11.6. The average molecular weight is 231 g/mol. The number of nitrogens with one attached hydrogen (secondary N) is 2. The van der Waals surface area contributed by atoms with Gasteiger partial charge in [0, 0.05) is 6.54 Å². The highest BCUT2D eigenvalue weighted by molar-refractivity contribution is 5.89. The van der Waals surface area contributed by atoms with Crippen molar-refractivity contribution < 1.29 is 4.79 Å². The number of aromatic nitrogens is 4. The predicted octanol–water partition coefficient (Wildman–Crippen LogP) is 0.692. The minimum atomic E-state index is -0.329. The highest BCUT2D eigenvalue weighted by Gasteiger charge is 2.10. The molecule has 2 N–H and O–H groups in total. The van der Waals surface area contributed by atoms with Crippen LogP contribution in [-0.2, 0) is 13.0 Å². The van der Waals surface area contributed by atoms with Crippen molar-refractivity contribution in [2.75, 3.05) is 0 Å². The van der Waals surface area contributed by atoms with E-state index >= 15 is 0 Å². The summed E-state index contributed by atoms with van der Waals surface area (Å²) >= 11 is 0. The number of benzene rings is 1. The topological polar surface area (TPSA) is 83.6 Å². The quantitative estimate of drug-likeness (QED) is 0.811. The Balaban J connectivity index is 2.00. The Morgan fingerprint density at radius 1 is 1.35 bits per heavy atom. The molecule has 0 saturated carbocycles. The molecule has 88 valence electrons. The lowest BCUT2D eigenvalue weighted by Crippen LogP contribution is -2.24. The molecule has 6 nitrogen and oxygen atoms in total. The zero-order valence-corrected chi connectivity index (χ0v) is 9.47. The van der Waals surface area contributed by atoms with Crippen LogP contribution in [-0.4, -0.2) is 26.5 Å². The Bertz CT molecular complexity index is 494. The first kappa shape index (κ1) is 11.3. The van der Waals surface area contributed by atoms with Gasteiger partial charge in [0.1, 0.15) is 0 Å². The second-order valence-corrected chi connectivity index (χ2v) is 3.54. The molecule has 6 heteroatoms. The van der Waals surface area contributed by atoms with Crippen LogP contribution in [0.1, 0.15) is 28.7 Å². The molecule has 0 saturated heterocycles. The number of carbonyl (C=O) groups excluding carboxylic acids is 1. The zero-order chi connectivity index (χ0) is 12.1. The molecule has 1 heterocycles. The van der Waals surface area contributed by atoms with Crippen molar-refractivity contribution in [1.29, 1.82) is 0 Å². The summed E-state index contributed by atoms with van der Waals surface area (Å²) in [6.07, 6.45) is 0.939. The van der Waals surface area contributed by atoms with Gasteiger partial charge in [-0.25, -0.2) is 0 Å². The fourth-order valence-corrected chi connectivity index (χ4v) is 1.59. The first-order chi connectivity index (χ1) is 8.31. The minimum Gasteiger partial charge on any atom is -0.345 e. The molecule has 0 radical (unpaired) electrons. The maximum atomic E-state index is 11.6. The van der Waals surface area contributed by atoms with Crippen LogP contribution in [0.3, 0.4) is 0 Å². The van der Waals surface area contributed by atoms with Crippen molar-refractivity contribution in [3.63, 3.8) is 0 Å². The lowest BCUT2D eigenvalue weighted by molar-refractivity contribution is 0.0940. The number of aryl methyl sites for hydroxylation is 1. The van der Waals surface area contributed by atoms with E-state index in [2.05, 4.69) is 38.9 Å². The Morgan fingerprint density at radius 2 is 2.12 bits per heavy atom. The summed E-state index contributed by atoms with van der Waals surface area (Å²) in [6, 6.07) is 7.99. The van der Waals surface area contributed by atoms with Gasteiger partial charge in [-0.05, 0) is 22.8 Å². The molecule has 17 heavy (non-hydrogen) atoms. The Kier molecular flexibility index (Phi) is 3.44. The second kappa shape index (κ2) is 5.20. The summed E-state index contributed by atoms with van der Waals surface area (Å²) in [5.41, 5.74) is 2.33. The van der Waals surface area contributed by atoms with Gasteiger partial charge in [-0.15, -0.1) is 10.2 Å². The summed E-state index contributed by atoms with van der Waals surface area (Å²) < 4.78 is 0. The molecular formula is C11H13N5O. The first-order valence-corrected chi connectivity index (χ1v) is 5.39. The molecule has 1 aromatic carbocycles. The van der Waals surface area contributed by atoms with Crippen LogP contribution in [0.15, 0.2) is 24.3 Å². The van der Waals surface area contributed by atoms with Gasteiger partial charge in [0.05, 0.1) is 0 Å². The van der Waals surface area contributed by atoms with E-state index in [4.69, 9.17) is 0 Å². The van der Waals surface area contributed by atoms with Crippen LogP contribution in [0.25, 0.3) is 0 Å². The molecule has 0 aliphatic rings. The van der Waals surface area contributed by atoms with Gasteiger partial charge in [-0.2, -0.15) is 5.21 Å². The fraction of sp³-hybridized carbons (Fsp3) is 0.273. The normalized spacial score (nSPS) is 10.2. The molecule has 2 rings (SSSR count). The summed E-state index contributed by atoms with van der Waals surface area (Å²) in [7, 11) is 0. The van der Waals surface area contributed by atoms with Crippen molar-refractivity contribution >= 4 is 5.91 Å². The van der Waals surface area contributed by atoms with Crippen LogP contribution < -0.4 is 5.32 Å². The molecule has 0 spiro atoms. The van der Waals surface area contributed by atoms with Gasteiger partial charge in [-0.1, -0.05) is 31.2 Å². The minimum absolute atomic E-state index is 0.0546. The molecule has 0 bridgehead atoms. The third kappa shape index (κ3) is 2.66. The van der Waals surface area contributed by atoms with Crippen LogP contribution >= 0.6 is 0 Å². The van der Waals surface area contributed by atoms with Gasteiger partial charge in [0.15, 0.2) is 0 Å². The Morgan fingerprint density at radius 3 is 2.76 bits per heavy atom. The fourth-order valence-electron chi connectivity index (χ4n) is 1.59. The van der Waals surface area contributed by atoms with Gasteiger partial charge in [-0.3, -0.25) is 4.79 Å². The largest absolute Gasteiger partial charge is 0.345 e. The number of nitrogens with zero attached hydrogens (tertiary/aromatic N) is 3. The van der Waals surface area contributed by atoms with Crippen LogP contribution in [0, 0.1) is 0 Å². The Labute approximate surface area is 98.4 Å². The standard InChI is InChI=1S/C11H13N5O/c1-2-8-5-3-4-6-9(8)7-12-11(17)10-13-15-16-14-10/h3-6H,2,7H2,1H3,(H,12,17)(H,13,14,15,16). The molecule has 0 atom stereocenters. The number of carbonyl (C=O) groups is 1. The second-order valence-electron chi connectivity index (χ2n) is 3.54. The van der Waals surface area contributed by atoms with Crippen molar-refractivity contribution in [1.82, 2.24) is 25.9 Å². The van der Waals surface area contributed by atoms with Crippen LogP contribution in [0.5, 0.6) is 0 Å². The molecule has 0 aliphatic heterocycles. The van der Waals surface area contributed by atoms with Crippen LogP contribution in [0.2, 0.25) is 0 Å². The third-order valence-corrected chi connectivity index (χ3v) is 2.49. The summed E-state index contributed by atoms with van der Waals surface area (Å²) in [4.78, 5) is 11.6. The maximum Gasteiger partial charge on any atom is 0.293 e. The van der Waals surface area contributed by atoms with E-state index in [0.29, 0.717) is 6.54 Å². The van der Waals surface area contributed by atoms with E-state index in [0.717, 1.165) is 12.0 Å². The molecular weight excluding hydrogens is 218 g/mol. The average Bonchev–Trinajstić information content (AvgIpc) is 2.90. The van der Waals surface area contributed by atoms with Gasteiger partial charge < -0.3 is 5.32 Å². The third-order valence-electron chi connectivity index (χ3n) is 2.49. The van der Waals surface area contributed by atoms with Gasteiger partial charge >= 0.3 is 0 Å². The number of amides is 1. The molecule has 2 aromatic rings. The number of aromatic amines is 1. The number of hydrogen-bond acceptors (Lipinski definition) is 4. The van der Waals surface area contributed by atoms with E-state index in [1.54, 1.807) is 0 Å². The smallest absolute Gasteiger partial charge is 0.293 e. The summed E-state index contributed by atoms with van der Waals surface area (Å²) in [5.74, 6) is -0.274. The number of tetrazole rings is 1. The molecule has 1 amide bonds. The molecule has 0 unspecified atom stereocenters. The van der Waals surface area contributed by atoms with E-state index in [1.165, 1.54) is 5.56 Å². The number of H-pyrrole nitrogens is 1. The van der Waals surface area contributed by atoms with E-state index < -0.39 is 0 Å². The van der Waals surface area contributed by atoms with E-state index in [9.17, 15) is 4.79 Å². The monoisotopic (exact) mass is 231 g/mol. The van der Waals surface area contributed by atoms with Crippen molar-refractivity contribution in [2.45, 2.75) is 19.9 Å². The van der Waals surface area contributed by atoms with Gasteiger partial charge in [0.2, 0.25) is 0 Å². The highest BCUT2D eigenvalue weighted by Crippen LogP contribution is 2.08. The lowest BCUT2D eigenvalue weighted by atomic mass is 10.1. The predicted molar refractivity (Wildman–Crippen MR) is 61.2 cm³/mol. The SMILES string of the molecule is CCc1ccccc1CNC(=O)c1nn[nH]n1. The van der Waals surface area contributed by atoms with Gasteiger partial charge in [0.25, 0.3) is 11.7 Å². The first-order valence-electron chi connectivity index (χ1n) is 5.39. The highest BCUT2D eigenvalue weighted by atomic mass is 16.2. The van der Waals surface area contributed by atoms with Crippen molar-refractivity contribution in [2.24, 2.45) is 0 Å². The van der Waals surface area contributed by atoms with Crippen molar-refractivity contribution in [3.8, 4) is 0 Å². The zero-order valence-electron chi connectivity index (χ0n) is 9.47. The molecule has 0 aliphatic carbocycles. The van der Waals surface area contributed by atoms with Crippen LogP contribution in [0.4, 0.5) is 0 Å². The number of hydrogen-bond donors (Lipinski definition) is 2. The summed E-state index contributed by atoms with van der Waals surface area (Å²) in [6.45, 7) is 2.55.